The van der Waals surface area contributed by atoms with Gasteiger partial charge >= 0.3 is 0 Å². The molecule has 2 amide bonds. The molecule has 0 saturated carbocycles. The molecule has 5 heteroatoms. The number of rotatable bonds is 4. The van der Waals surface area contributed by atoms with Crippen molar-refractivity contribution >= 4 is 27.7 Å². The predicted octanol–water partition coefficient (Wildman–Crippen LogP) is 1.14. The van der Waals surface area contributed by atoms with Crippen LogP contribution in [0.5, 0.6) is 0 Å². The van der Waals surface area contributed by atoms with Crippen LogP contribution < -0.4 is 5.73 Å². The number of nitrogens with two attached hydrogens (primary N) is 1. The Morgan fingerprint density at radius 1 is 1.31 bits per heavy atom. The maximum absolute atomic E-state index is 11.8. The summed E-state index contributed by atoms with van der Waals surface area (Å²) in [5, 5.41) is 0.749. The van der Waals surface area contributed by atoms with Crippen LogP contribution in [0.3, 0.4) is 0 Å². The van der Waals surface area contributed by atoms with Crippen molar-refractivity contribution in [3.63, 3.8) is 0 Å². The van der Waals surface area contributed by atoms with Gasteiger partial charge in [-0.2, -0.15) is 0 Å². The van der Waals surface area contributed by atoms with Crippen molar-refractivity contribution in [2.24, 2.45) is 5.73 Å². The molecule has 1 aromatic carbocycles. The molecule has 0 radical (unpaired) electrons. The Morgan fingerprint density at radius 2 is 1.88 bits per heavy atom. The smallest absolute Gasteiger partial charge is 0.254 e. The Bertz CT molecular complexity index is 389. The molecule has 2 N–H and O–H groups in total. The number of carbonyl (C=O) groups is 2. The number of benzene rings is 1. The summed E-state index contributed by atoms with van der Waals surface area (Å²) in [4.78, 5) is 23.8. The fourth-order valence-corrected chi connectivity index (χ4v) is 1.64. The summed E-state index contributed by atoms with van der Waals surface area (Å²) >= 11 is 3.32. The van der Waals surface area contributed by atoms with E-state index in [2.05, 4.69) is 15.9 Å². The second-order valence-corrected chi connectivity index (χ2v) is 4.02. The van der Waals surface area contributed by atoms with Gasteiger partial charge in [0.1, 0.15) is 0 Å². The number of hydrogen-bond acceptors (Lipinski definition) is 2. The Labute approximate surface area is 103 Å². The zero-order valence-corrected chi connectivity index (χ0v) is 10.5. The Balaban J connectivity index is 2.75. The van der Waals surface area contributed by atoms with Crippen molar-refractivity contribution in [3.05, 3.63) is 35.4 Å². The van der Waals surface area contributed by atoms with Gasteiger partial charge < -0.3 is 10.6 Å². The van der Waals surface area contributed by atoms with Crippen LogP contribution in [0.2, 0.25) is 0 Å². The first kappa shape index (κ1) is 12.7. The highest BCUT2D eigenvalue weighted by Crippen LogP contribution is 2.09. The number of hydrogen-bond donors (Lipinski definition) is 1. The number of amides is 2. The highest BCUT2D eigenvalue weighted by Gasteiger charge is 2.12. The number of halogens is 1. The molecule has 0 spiro atoms. The van der Waals surface area contributed by atoms with Gasteiger partial charge in [-0.05, 0) is 17.7 Å². The van der Waals surface area contributed by atoms with Crippen LogP contribution in [-0.4, -0.2) is 30.3 Å². The lowest BCUT2D eigenvalue weighted by Gasteiger charge is -2.15. The number of nitrogens with zero attached hydrogens (tertiary/aromatic N) is 1. The van der Waals surface area contributed by atoms with Gasteiger partial charge in [-0.25, -0.2) is 0 Å². The molecule has 0 fully saturated rings. The van der Waals surface area contributed by atoms with Crippen molar-refractivity contribution in [2.45, 2.75) is 5.33 Å². The number of likely N-dealkylation sites (N-methyl/N-ethyl adjacent to an activating group) is 1. The first-order chi connectivity index (χ1) is 7.54. The summed E-state index contributed by atoms with van der Waals surface area (Å²) in [6.45, 7) is -0.0704. The second-order valence-electron chi connectivity index (χ2n) is 3.46. The summed E-state index contributed by atoms with van der Waals surface area (Å²) in [6, 6.07) is 7.19. The van der Waals surface area contributed by atoms with Crippen LogP contribution in [0.1, 0.15) is 15.9 Å². The van der Waals surface area contributed by atoms with E-state index in [1.807, 2.05) is 12.1 Å². The molecule has 0 saturated heterocycles. The SMILES string of the molecule is CN(CC(N)=O)C(=O)c1ccc(CBr)cc1. The van der Waals surface area contributed by atoms with E-state index in [-0.39, 0.29) is 12.5 Å². The molecule has 0 atom stereocenters. The highest BCUT2D eigenvalue weighted by molar-refractivity contribution is 9.08. The van der Waals surface area contributed by atoms with Crippen LogP contribution in [0.4, 0.5) is 0 Å². The van der Waals surface area contributed by atoms with E-state index < -0.39 is 5.91 Å². The summed E-state index contributed by atoms with van der Waals surface area (Å²) in [7, 11) is 1.55. The van der Waals surface area contributed by atoms with Gasteiger partial charge in [-0.1, -0.05) is 28.1 Å². The minimum atomic E-state index is -0.520. The van der Waals surface area contributed by atoms with E-state index in [0.29, 0.717) is 5.56 Å². The molecule has 1 rings (SSSR count). The minimum absolute atomic E-state index is 0.0704. The molecule has 0 aliphatic heterocycles. The van der Waals surface area contributed by atoms with E-state index in [0.717, 1.165) is 10.9 Å². The first-order valence-electron chi connectivity index (χ1n) is 4.73. The quantitative estimate of drug-likeness (QED) is 0.843. The normalized spacial score (nSPS) is 9.88. The molecule has 0 bridgehead atoms. The minimum Gasteiger partial charge on any atom is -0.368 e. The van der Waals surface area contributed by atoms with Crippen molar-refractivity contribution in [3.8, 4) is 0 Å². The molecule has 0 aliphatic carbocycles. The van der Waals surface area contributed by atoms with Gasteiger partial charge in [0, 0.05) is 17.9 Å². The van der Waals surface area contributed by atoms with Crippen LogP contribution in [0.15, 0.2) is 24.3 Å². The Morgan fingerprint density at radius 3 is 2.31 bits per heavy atom. The number of carbonyl (C=O) groups excluding carboxylic acids is 2. The molecule has 16 heavy (non-hydrogen) atoms. The molecule has 1 aromatic rings. The van der Waals surface area contributed by atoms with Gasteiger partial charge in [0.2, 0.25) is 5.91 Å². The van der Waals surface area contributed by atoms with Crippen molar-refractivity contribution in [1.82, 2.24) is 4.90 Å². The summed E-state index contributed by atoms with van der Waals surface area (Å²) in [6.07, 6.45) is 0. The molecule has 0 aliphatic rings. The molecular weight excluding hydrogens is 272 g/mol. The van der Waals surface area contributed by atoms with Crippen molar-refractivity contribution in [2.75, 3.05) is 13.6 Å². The monoisotopic (exact) mass is 284 g/mol. The summed E-state index contributed by atoms with van der Waals surface area (Å²) < 4.78 is 0. The molecule has 0 aromatic heterocycles. The fourth-order valence-electron chi connectivity index (χ4n) is 1.26. The van der Waals surface area contributed by atoms with Gasteiger partial charge in [-0.15, -0.1) is 0 Å². The van der Waals surface area contributed by atoms with E-state index in [1.165, 1.54) is 4.90 Å². The van der Waals surface area contributed by atoms with Gasteiger partial charge in [0.15, 0.2) is 0 Å². The molecule has 4 nitrogen and oxygen atoms in total. The lowest BCUT2D eigenvalue weighted by atomic mass is 10.1. The molecule has 86 valence electrons. The predicted molar refractivity (Wildman–Crippen MR) is 65.2 cm³/mol. The molecular formula is C11H13BrN2O2. The van der Waals surface area contributed by atoms with Crippen LogP contribution in [0.25, 0.3) is 0 Å². The number of primary amides is 1. The Kier molecular flexibility index (Phi) is 4.49. The van der Waals surface area contributed by atoms with E-state index in [4.69, 9.17) is 5.73 Å². The molecule has 0 heterocycles. The van der Waals surface area contributed by atoms with Crippen molar-refractivity contribution < 1.29 is 9.59 Å². The van der Waals surface area contributed by atoms with E-state index >= 15 is 0 Å². The lowest BCUT2D eigenvalue weighted by Crippen LogP contribution is -2.35. The average molecular weight is 285 g/mol. The third kappa shape index (κ3) is 3.34. The fraction of sp³-hybridized carbons (Fsp3) is 0.273. The third-order valence-electron chi connectivity index (χ3n) is 2.09. The highest BCUT2D eigenvalue weighted by atomic mass is 79.9. The average Bonchev–Trinajstić information content (AvgIpc) is 2.27. The number of alkyl halides is 1. The van der Waals surface area contributed by atoms with Crippen LogP contribution >= 0.6 is 15.9 Å². The van der Waals surface area contributed by atoms with Gasteiger partial charge in [0.25, 0.3) is 5.91 Å². The maximum Gasteiger partial charge on any atom is 0.254 e. The van der Waals surface area contributed by atoms with Gasteiger partial charge in [0.05, 0.1) is 6.54 Å². The standard InChI is InChI=1S/C11H13BrN2O2/c1-14(7-10(13)15)11(16)9-4-2-8(6-12)3-5-9/h2-5H,6-7H2,1H3,(H2,13,15). The maximum atomic E-state index is 11.8. The van der Waals surface area contributed by atoms with Crippen molar-refractivity contribution in [1.29, 1.82) is 0 Å². The second kappa shape index (κ2) is 5.65. The summed E-state index contributed by atoms with van der Waals surface area (Å²) in [5.74, 6) is -0.729. The Hall–Kier alpha value is -1.36. The lowest BCUT2D eigenvalue weighted by molar-refractivity contribution is -0.118. The first-order valence-corrected chi connectivity index (χ1v) is 5.85. The van der Waals surface area contributed by atoms with E-state index in [9.17, 15) is 9.59 Å². The summed E-state index contributed by atoms with van der Waals surface area (Å²) in [5.41, 5.74) is 6.66. The van der Waals surface area contributed by atoms with Crippen LogP contribution in [-0.2, 0) is 10.1 Å². The van der Waals surface area contributed by atoms with Crippen LogP contribution in [0, 0.1) is 0 Å². The topological polar surface area (TPSA) is 63.4 Å². The van der Waals surface area contributed by atoms with E-state index in [1.54, 1.807) is 19.2 Å². The zero-order valence-electron chi connectivity index (χ0n) is 8.94. The molecule has 0 unspecified atom stereocenters. The zero-order chi connectivity index (χ0) is 12.1. The van der Waals surface area contributed by atoms with Gasteiger partial charge in [-0.3, -0.25) is 9.59 Å². The third-order valence-corrected chi connectivity index (χ3v) is 2.74. The largest absolute Gasteiger partial charge is 0.368 e.